The van der Waals surface area contributed by atoms with Gasteiger partial charge in [-0.15, -0.1) is 10.2 Å². The van der Waals surface area contributed by atoms with Crippen LogP contribution in [0.2, 0.25) is 0 Å². The van der Waals surface area contributed by atoms with Crippen molar-refractivity contribution in [2.45, 2.75) is 6.54 Å². The Labute approximate surface area is 124 Å². The molecular weight excluding hydrogens is 284 g/mol. The van der Waals surface area contributed by atoms with Gasteiger partial charge in [0.15, 0.2) is 23.1 Å². The number of hydrogen-bond donors (Lipinski definition) is 3. The van der Waals surface area contributed by atoms with Crippen molar-refractivity contribution in [1.29, 1.82) is 0 Å². The fraction of sp³-hybridized carbons (Fsp3) is 0.154. The number of carbonyl (C=O) groups is 1. The van der Waals surface area contributed by atoms with Crippen LogP contribution in [0.15, 0.2) is 30.7 Å². The number of amides is 1. The summed E-state index contributed by atoms with van der Waals surface area (Å²) in [5.74, 6) is 1.76. The quantitative estimate of drug-likeness (QED) is 0.645. The van der Waals surface area contributed by atoms with E-state index < -0.39 is 0 Å². The lowest BCUT2D eigenvalue weighted by Crippen LogP contribution is -2.29. The van der Waals surface area contributed by atoms with Crippen molar-refractivity contribution in [3.63, 3.8) is 0 Å². The summed E-state index contributed by atoms with van der Waals surface area (Å²) in [4.78, 5) is 19.8. The van der Waals surface area contributed by atoms with Crippen LogP contribution in [0.5, 0.6) is 0 Å². The molecule has 0 saturated carbocycles. The van der Waals surface area contributed by atoms with Gasteiger partial charge < -0.3 is 16.0 Å². The minimum atomic E-state index is -0.127. The fourth-order valence-electron chi connectivity index (χ4n) is 2.29. The topological polar surface area (TPSA) is 109 Å². The van der Waals surface area contributed by atoms with E-state index in [4.69, 9.17) is 0 Å². The number of fused-ring (bicyclic) bond motifs is 2. The molecule has 0 radical (unpaired) electrons. The SMILES string of the molecule is O=C1CNc2ncnc(NCc3nnc4ccccn34)c2N1. The van der Waals surface area contributed by atoms with Crippen molar-refractivity contribution in [1.82, 2.24) is 24.6 Å². The number of nitrogens with zero attached hydrogens (tertiary/aromatic N) is 5. The van der Waals surface area contributed by atoms with Crippen LogP contribution in [0.3, 0.4) is 0 Å². The van der Waals surface area contributed by atoms with Crippen LogP contribution in [0.4, 0.5) is 17.3 Å². The summed E-state index contributed by atoms with van der Waals surface area (Å²) in [7, 11) is 0. The smallest absolute Gasteiger partial charge is 0.243 e. The predicted molar refractivity (Wildman–Crippen MR) is 79.5 cm³/mol. The lowest BCUT2D eigenvalue weighted by molar-refractivity contribution is -0.114. The van der Waals surface area contributed by atoms with Gasteiger partial charge in [-0.3, -0.25) is 9.20 Å². The Morgan fingerprint density at radius 2 is 2.23 bits per heavy atom. The third-order valence-electron chi connectivity index (χ3n) is 3.33. The molecule has 1 aliphatic heterocycles. The second-order valence-electron chi connectivity index (χ2n) is 4.75. The summed E-state index contributed by atoms with van der Waals surface area (Å²) in [6.45, 7) is 0.628. The van der Waals surface area contributed by atoms with E-state index in [2.05, 4.69) is 36.1 Å². The molecule has 110 valence electrons. The third kappa shape index (κ3) is 2.08. The highest BCUT2D eigenvalue weighted by molar-refractivity contribution is 6.02. The van der Waals surface area contributed by atoms with Crippen LogP contribution < -0.4 is 16.0 Å². The number of anilines is 3. The lowest BCUT2D eigenvalue weighted by atomic mass is 10.3. The molecule has 0 bridgehead atoms. The van der Waals surface area contributed by atoms with Crippen molar-refractivity contribution in [3.8, 4) is 0 Å². The third-order valence-corrected chi connectivity index (χ3v) is 3.33. The maximum Gasteiger partial charge on any atom is 0.243 e. The number of aromatic nitrogens is 5. The molecule has 1 amide bonds. The molecule has 0 aromatic carbocycles. The molecule has 0 fully saturated rings. The van der Waals surface area contributed by atoms with E-state index in [0.29, 0.717) is 23.9 Å². The summed E-state index contributed by atoms with van der Waals surface area (Å²) in [6, 6.07) is 5.70. The normalized spacial score (nSPS) is 13.4. The molecule has 0 atom stereocenters. The first-order valence-electron chi connectivity index (χ1n) is 6.72. The first-order valence-corrected chi connectivity index (χ1v) is 6.72. The average Bonchev–Trinajstić information content (AvgIpc) is 2.96. The van der Waals surface area contributed by atoms with Crippen LogP contribution in [-0.4, -0.2) is 37.0 Å². The Balaban J connectivity index is 1.61. The largest absolute Gasteiger partial charge is 0.361 e. The van der Waals surface area contributed by atoms with Crippen molar-refractivity contribution in [3.05, 3.63) is 36.5 Å². The van der Waals surface area contributed by atoms with Crippen molar-refractivity contribution >= 4 is 28.9 Å². The standard InChI is InChI=1S/C13H12N8O/c22-10-6-15-13-11(18-10)12(16-7-17-13)14-5-9-20-19-8-3-1-2-4-21(8)9/h1-4,7H,5-6H2,(H,18,22)(H2,14,15,16,17). The molecule has 4 heterocycles. The van der Waals surface area contributed by atoms with Crippen molar-refractivity contribution < 1.29 is 4.79 Å². The Morgan fingerprint density at radius 1 is 1.27 bits per heavy atom. The molecule has 1 aliphatic rings. The molecular formula is C13H12N8O. The predicted octanol–water partition coefficient (Wildman–Crippen LogP) is 0.495. The second-order valence-corrected chi connectivity index (χ2v) is 4.75. The highest BCUT2D eigenvalue weighted by Gasteiger charge is 2.19. The van der Waals surface area contributed by atoms with Gasteiger partial charge in [0, 0.05) is 6.20 Å². The number of pyridine rings is 1. The van der Waals surface area contributed by atoms with E-state index in [1.807, 2.05) is 28.8 Å². The zero-order valence-electron chi connectivity index (χ0n) is 11.4. The molecule has 0 spiro atoms. The number of nitrogens with one attached hydrogen (secondary N) is 3. The molecule has 22 heavy (non-hydrogen) atoms. The second kappa shape index (κ2) is 4.95. The monoisotopic (exact) mass is 296 g/mol. The molecule has 3 aromatic rings. The first-order chi connectivity index (χ1) is 10.8. The van der Waals surface area contributed by atoms with Gasteiger partial charge >= 0.3 is 0 Å². The summed E-state index contributed by atoms with van der Waals surface area (Å²) in [5.41, 5.74) is 1.33. The van der Waals surface area contributed by atoms with Gasteiger partial charge in [-0.05, 0) is 12.1 Å². The van der Waals surface area contributed by atoms with Gasteiger partial charge in [-0.1, -0.05) is 6.07 Å². The van der Waals surface area contributed by atoms with Crippen molar-refractivity contribution in [2.75, 3.05) is 22.5 Å². The summed E-state index contributed by atoms with van der Waals surface area (Å²) >= 11 is 0. The van der Waals surface area contributed by atoms with E-state index in [-0.39, 0.29) is 12.5 Å². The molecule has 9 nitrogen and oxygen atoms in total. The Bertz CT molecular complexity index is 858. The number of hydrogen-bond acceptors (Lipinski definition) is 7. The molecule has 0 saturated heterocycles. The van der Waals surface area contributed by atoms with E-state index in [9.17, 15) is 4.79 Å². The number of rotatable bonds is 3. The van der Waals surface area contributed by atoms with E-state index in [1.165, 1.54) is 6.33 Å². The van der Waals surface area contributed by atoms with Gasteiger partial charge in [-0.25, -0.2) is 9.97 Å². The van der Waals surface area contributed by atoms with Gasteiger partial charge in [0.1, 0.15) is 12.0 Å². The van der Waals surface area contributed by atoms with Gasteiger partial charge in [0.25, 0.3) is 0 Å². The molecule has 0 unspecified atom stereocenters. The maximum absolute atomic E-state index is 11.5. The molecule has 4 rings (SSSR count). The van der Waals surface area contributed by atoms with Crippen LogP contribution in [0.1, 0.15) is 5.82 Å². The zero-order valence-corrected chi connectivity index (χ0v) is 11.4. The van der Waals surface area contributed by atoms with Gasteiger partial charge in [0.05, 0.1) is 13.1 Å². The zero-order chi connectivity index (χ0) is 14.9. The van der Waals surface area contributed by atoms with Gasteiger partial charge in [0.2, 0.25) is 5.91 Å². The van der Waals surface area contributed by atoms with Crippen LogP contribution in [0.25, 0.3) is 5.65 Å². The van der Waals surface area contributed by atoms with Crippen LogP contribution >= 0.6 is 0 Å². The van der Waals surface area contributed by atoms with E-state index >= 15 is 0 Å². The lowest BCUT2D eigenvalue weighted by Gasteiger charge is -2.19. The fourth-order valence-corrected chi connectivity index (χ4v) is 2.29. The molecule has 0 aliphatic carbocycles. The average molecular weight is 296 g/mol. The van der Waals surface area contributed by atoms with E-state index in [0.717, 1.165) is 11.5 Å². The summed E-state index contributed by atoms with van der Waals surface area (Å²) in [5, 5.41) is 17.1. The highest BCUT2D eigenvalue weighted by Crippen LogP contribution is 2.28. The van der Waals surface area contributed by atoms with Gasteiger partial charge in [-0.2, -0.15) is 0 Å². The maximum atomic E-state index is 11.5. The van der Waals surface area contributed by atoms with E-state index in [1.54, 1.807) is 0 Å². The Morgan fingerprint density at radius 3 is 3.18 bits per heavy atom. The minimum Gasteiger partial charge on any atom is -0.361 e. The van der Waals surface area contributed by atoms with Crippen LogP contribution in [-0.2, 0) is 11.3 Å². The summed E-state index contributed by atoms with van der Waals surface area (Å²) < 4.78 is 1.89. The van der Waals surface area contributed by atoms with Crippen LogP contribution in [0, 0.1) is 0 Å². The Kier molecular flexibility index (Phi) is 2.81. The minimum absolute atomic E-state index is 0.127. The summed E-state index contributed by atoms with van der Waals surface area (Å²) in [6.07, 6.45) is 3.33. The number of carbonyl (C=O) groups excluding carboxylic acids is 1. The highest BCUT2D eigenvalue weighted by atomic mass is 16.2. The molecule has 3 N–H and O–H groups in total. The molecule has 3 aromatic heterocycles. The molecule has 9 heteroatoms. The first kappa shape index (κ1) is 12.5. The Hall–Kier alpha value is -3.23. The van der Waals surface area contributed by atoms with Crippen molar-refractivity contribution in [2.24, 2.45) is 0 Å².